The van der Waals surface area contributed by atoms with Gasteiger partial charge < -0.3 is 61.8 Å². The molecule has 5 aromatic carbocycles. The van der Waals surface area contributed by atoms with E-state index < -0.39 is 131 Å². The Morgan fingerprint density at radius 3 is 1.64 bits per heavy atom. The predicted octanol–water partition coefficient (Wildman–Crippen LogP) is 13.4. The maximum absolute atomic E-state index is 15.3. The Hall–Kier alpha value is -6.90. The summed E-state index contributed by atoms with van der Waals surface area (Å²) in [5.41, 5.74) is 15.0. The van der Waals surface area contributed by atoms with E-state index in [4.69, 9.17) is 70.1 Å². The summed E-state index contributed by atoms with van der Waals surface area (Å²) >= 11 is 0. The topological polar surface area (TPSA) is 285 Å². The van der Waals surface area contributed by atoms with Crippen molar-refractivity contribution >= 4 is 40.0 Å². The number of carbonyl (C=O) groups is 4. The van der Waals surface area contributed by atoms with E-state index >= 15 is 9.36 Å². The first-order chi connectivity index (χ1) is 47.6. The second kappa shape index (κ2) is 38.2. The number of fused-ring (bicyclic) bond motifs is 1. The van der Waals surface area contributed by atoms with E-state index in [1.165, 1.54) is 0 Å². The first kappa shape index (κ1) is 77.8. The highest BCUT2D eigenvalue weighted by molar-refractivity contribution is 7.48. The fraction of sp³-hybridized carbons (Fsp3) is 0.534. The average molecular weight is 1410 g/mol. The van der Waals surface area contributed by atoms with Crippen LogP contribution in [-0.2, 0) is 129 Å². The predicted molar refractivity (Wildman–Crippen MR) is 367 cm³/mol. The lowest BCUT2D eigenvalue weighted by molar-refractivity contribution is -0.301. The molecular formula is C73H97N4O20PSi. The number of nitrogens with one attached hydrogen (secondary N) is 1. The van der Waals surface area contributed by atoms with Gasteiger partial charge >= 0.3 is 25.7 Å². The second-order valence-electron chi connectivity index (χ2n) is 26.1. The largest absolute Gasteiger partial charge is 0.497 e. The van der Waals surface area contributed by atoms with Gasteiger partial charge in [0.1, 0.15) is 54.5 Å². The van der Waals surface area contributed by atoms with Gasteiger partial charge in [-0.3, -0.25) is 32.7 Å². The zero-order valence-corrected chi connectivity index (χ0v) is 60.2. The van der Waals surface area contributed by atoms with Gasteiger partial charge in [-0.25, -0.2) is 4.57 Å². The van der Waals surface area contributed by atoms with Crippen LogP contribution in [0, 0.1) is 0 Å². The number of ether oxygens (including phenoxy) is 11. The summed E-state index contributed by atoms with van der Waals surface area (Å²) < 4.78 is 112. The number of phosphoric acid groups is 1. The fourth-order valence-corrected chi connectivity index (χ4v) is 13.5. The number of esters is 3. The Morgan fingerprint density at radius 2 is 1.11 bits per heavy atom. The third kappa shape index (κ3) is 23.3. The first-order valence-corrected chi connectivity index (χ1v) is 38.3. The number of rotatable bonds is 36. The molecule has 99 heavy (non-hydrogen) atoms. The van der Waals surface area contributed by atoms with Gasteiger partial charge in [0.2, 0.25) is 5.91 Å². The third-order valence-electron chi connectivity index (χ3n) is 17.9. The molecule has 538 valence electrons. The molecule has 8 rings (SSSR count). The Morgan fingerprint density at radius 1 is 0.606 bits per heavy atom. The average Bonchev–Trinajstić information content (AvgIpc) is 1.08. The van der Waals surface area contributed by atoms with Crippen LogP contribution < -0.4 is 10.1 Å². The minimum atomic E-state index is -4.71. The Labute approximate surface area is 581 Å². The fourth-order valence-electron chi connectivity index (χ4n) is 11.0. The summed E-state index contributed by atoms with van der Waals surface area (Å²) in [5, 5.41) is 6.82. The molecule has 13 atom stereocenters. The molecule has 3 aliphatic heterocycles. The molecule has 0 saturated carbocycles. The number of carbonyl (C=O) groups excluding carboxylic acids is 4. The zero-order valence-electron chi connectivity index (χ0n) is 58.3. The lowest BCUT2D eigenvalue weighted by Crippen LogP contribution is -2.67. The highest BCUT2D eigenvalue weighted by Crippen LogP contribution is 2.55. The standard InChI is InChI=1S/C73H97N4O20PSi/c1-11-55(85-42-50-28-20-16-21-29-50)40-64(81)95-70-66(76-77-74)72(97-99(9,10)73(5,6)7)93-60(67(70)87-44-51-30-22-17-23-31-51)48-88-71-65(75-61(78)38-57(13-3)91-62(79)14-4)69(94-63(80)39-56(12-2)86-43-52-34-36-58(83-8)37-35-52)68(59(92-71)47-84-41-49-26-18-15-19-27-49)96-98(82)89-45-53-32-24-25-33-54(53)46-90-98/h15-37,55-57,59-60,65-72H,11-14,38-48H2,1-10H3,(H,75,78)/t55-,56-,57-,59?,60?,65?,66?,67-,68-,69-,70-,71-,72-/m1/s1. The van der Waals surface area contributed by atoms with E-state index in [0.717, 1.165) is 22.3 Å². The summed E-state index contributed by atoms with van der Waals surface area (Å²) in [6.45, 7) is 16.3. The number of methoxy groups -OCH3 is 1. The summed E-state index contributed by atoms with van der Waals surface area (Å²) in [6.07, 6.45) is -13.8. The van der Waals surface area contributed by atoms with Gasteiger partial charge in [-0.15, -0.1) is 0 Å². The maximum Gasteiger partial charge on any atom is 0.475 e. The van der Waals surface area contributed by atoms with Crippen LogP contribution in [0.25, 0.3) is 10.4 Å². The lowest BCUT2D eigenvalue weighted by Gasteiger charge is -2.49. The van der Waals surface area contributed by atoms with Gasteiger partial charge in [0.15, 0.2) is 27.0 Å². The number of hydrogen-bond donors (Lipinski definition) is 1. The number of nitrogens with zero attached hydrogens (tertiary/aromatic N) is 3. The molecule has 24 nitrogen and oxygen atoms in total. The van der Waals surface area contributed by atoms with Crippen LogP contribution in [0.2, 0.25) is 18.1 Å². The number of azide groups is 1. The summed E-state index contributed by atoms with van der Waals surface area (Å²) in [7, 11) is -6.03. The van der Waals surface area contributed by atoms with Crippen LogP contribution >= 0.6 is 7.82 Å². The van der Waals surface area contributed by atoms with E-state index in [9.17, 15) is 19.9 Å². The molecule has 0 aliphatic carbocycles. The molecule has 0 spiro atoms. The monoisotopic (exact) mass is 1410 g/mol. The highest BCUT2D eigenvalue weighted by atomic mass is 31.2. The highest BCUT2D eigenvalue weighted by Gasteiger charge is 2.56. The molecule has 0 bridgehead atoms. The van der Waals surface area contributed by atoms with Crippen molar-refractivity contribution in [3.05, 3.63) is 183 Å². The molecule has 2 saturated heterocycles. The van der Waals surface area contributed by atoms with Crippen molar-refractivity contribution < 1.29 is 93.8 Å². The molecule has 2 fully saturated rings. The van der Waals surface area contributed by atoms with E-state index in [0.29, 0.717) is 29.7 Å². The van der Waals surface area contributed by atoms with Gasteiger partial charge in [-0.2, -0.15) is 0 Å². The van der Waals surface area contributed by atoms with Crippen LogP contribution in [0.4, 0.5) is 0 Å². The molecule has 26 heteroatoms. The minimum absolute atomic E-state index is 0.0404. The zero-order chi connectivity index (χ0) is 71.0. The summed E-state index contributed by atoms with van der Waals surface area (Å²) in [5.74, 6) is -2.10. The van der Waals surface area contributed by atoms with Crippen molar-refractivity contribution in [1.82, 2.24) is 5.32 Å². The van der Waals surface area contributed by atoms with E-state index in [1.807, 2.05) is 175 Å². The van der Waals surface area contributed by atoms with Crippen LogP contribution in [0.5, 0.6) is 5.75 Å². The normalized spacial score (nSPS) is 23.2. The number of hydrogen-bond acceptors (Lipinski definition) is 21. The molecule has 3 heterocycles. The molecule has 1 amide bonds. The number of phosphoric ester groups is 1. The van der Waals surface area contributed by atoms with Gasteiger partial charge in [0, 0.05) is 11.3 Å². The molecule has 0 aromatic heterocycles. The summed E-state index contributed by atoms with van der Waals surface area (Å²) in [4.78, 5) is 60.7. The van der Waals surface area contributed by atoms with Gasteiger partial charge in [-0.05, 0) is 88.4 Å². The maximum atomic E-state index is 15.3. The van der Waals surface area contributed by atoms with E-state index in [1.54, 1.807) is 33.1 Å². The van der Waals surface area contributed by atoms with E-state index in [-0.39, 0.29) is 78.4 Å². The minimum Gasteiger partial charge on any atom is -0.497 e. The van der Waals surface area contributed by atoms with Crippen molar-refractivity contribution in [2.24, 2.45) is 5.11 Å². The van der Waals surface area contributed by atoms with Crippen LogP contribution in [0.1, 0.15) is 127 Å². The van der Waals surface area contributed by atoms with Crippen molar-refractivity contribution in [2.75, 3.05) is 20.3 Å². The first-order valence-electron chi connectivity index (χ1n) is 34.0. The van der Waals surface area contributed by atoms with Crippen molar-refractivity contribution in [3.8, 4) is 5.75 Å². The van der Waals surface area contributed by atoms with Crippen molar-refractivity contribution in [1.29, 1.82) is 0 Å². The number of amides is 1. The third-order valence-corrected chi connectivity index (χ3v) is 23.7. The Balaban J connectivity index is 1.22. The van der Waals surface area contributed by atoms with Gasteiger partial charge in [0.05, 0.1) is 91.4 Å². The molecule has 4 unspecified atom stereocenters. The van der Waals surface area contributed by atoms with Gasteiger partial charge in [-0.1, -0.05) is 181 Å². The lowest BCUT2D eigenvalue weighted by atomic mass is 9.95. The van der Waals surface area contributed by atoms with Crippen LogP contribution in [-0.4, -0.2) is 132 Å². The molecule has 0 radical (unpaired) electrons. The molecule has 1 N–H and O–H groups in total. The smallest absolute Gasteiger partial charge is 0.475 e. The summed E-state index contributed by atoms with van der Waals surface area (Å²) in [6, 6.07) is 39.7. The van der Waals surface area contributed by atoms with Crippen LogP contribution in [0.15, 0.2) is 145 Å². The number of benzene rings is 5. The SMILES string of the molecule is CCC(=O)O[C@H](CC)CC(=O)NC1[C@H](OCC2O[C@H](O[Si](C)(C)C(C)(C)C)C(N=[N+]=[N-])[C@@H](OC(=O)C[C@@H](CC)OCc3ccccc3)[C@@H]2OCc2ccccc2)OC(COCc2ccccc2)[C@@H](OP2(=O)OCc3ccccc3CO2)[C@@H]1OC(=O)C[C@@H](CC)OCc1ccc(OC)cc1. The Bertz CT molecular complexity index is 3390. The molecule has 5 aromatic rings. The van der Waals surface area contributed by atoms with E-state index in [2.05, 4.69) is 15.3 Å². The van der Waals surface area contributed by atoms with Crippen molar-refractivity contribution in [3.63, 3.8) is 0 Å². The quantitative estimate of drug-likeness (QED) is 0.00741. The Kier molecular flexibility index (Phi) is 30.0. The van der Waals surface area contributed by atoms with Gasteiger partial charge in [0.25, 0.3) is 0 Å². The van der Waals surface area contributed by atoms with Crippen LogP contribution in [0.3, 0.4) is 0 Å². The second-order valence-corrected chi connectivity index (χ2v) is 32.5. The molecular weight excluding hydrogens is 1310 g/mol. The molecule has 3 aliphatic rings. The van der Waals surface area contributed by atoms with Crippen molar-refractivity contribution in [2.45, 2.75) is 231 Å².